The Morgan fingerprint density at radius 2 is 2.11 bits per heavy atom. The summed E-state index contributed by atoms with van der Waals surface area (Å²) in [6, 6.07) is 5.91. The fourth-order valence-electron chi connectivity index (χ4n) is 2.33. The van der Waals surface area contributed by atoms with E-state index in [0.29, 0.717) is 17.5 Å². The molecule has 1 aliphatic rings. The summed E-state index contributed by atoms with van der Waals surface area (Å²) in [6.45, 7) is 0. The lowest BCUT2D eigenvalue weighted by atomic mass is 10.1. The Labute approximate surface area is 132 Å². The number of rotatable bonds is 3. The minimum atomic E-state index is 0.00669. The number of benzene rings is 1. The Bertz CT molecular complexity index is 450. The zero-order valence-corrected chi connectivity index (χ0v) is 14.5. The van der Waals surface area contributed by atoms with Crippen molar-refractivity contribution in [3.63, 3.8) is 0 Å². The Morgan fingerprint density at radius 3 is 2.78 bits per heavy atom. The van der Waals surface area contributed by atoms with E-state index in [-0.39, 0.29) is 5.91 Å². The second-order valence-corrected chi connectivity index (χ2v) is 6.97. The molecule has 2 nitrogen and oxygen atoms in total. The minimum Gasteiger partial charge on any atom is -0.349 e. The van der Waals surface area contributed by atoms with Crippen molar-refractivity contribution < 1.29 is 4.79 Å². The van der Waals surface area contributed by atoms with Gasteiger partial charge in [-0.2, -0.15) is 0 Å². The standard InChI is InChI=1S/C13H14Br3NO/c14-7-8-2-1-3-12(8)17-13(18)10-5-4-9(15)6-11(10)16/h4-6,8,12H,1-3,7H2,(H,17,18). The van der Waals surface area contributed by atoms with Crippen molar-refractivity contribution in [3.8, 4) is 0 Å². The monoisotopic (exact) mass is 437 g/mol. The van der Waals surface area contributed by atoms with Crippen LogP contribution >= 0.6 is 47.8 Å². The number of hydrogen-bond donors (Lipinski definition) is 1. The number of amides is 1. The Balaban J connectivity index is 2.07. The van der Waals surface area contributed by atoms with Crippen LogP contribution in [0.2, 0.25) is 0 Å². The third-order valence-electron chi connectivity index (χ3n) is 3.35. The summed E-state index contributed by atoms with van der Waals surface area (Å²) in [6.07, 6.45) is 3.47. The van der Waals surface area contributed by atoms with Crippen molar-refractivity contribution in [2.75, 3.05) is 5.33 Å². The molecule has 1 fully saturated rings. The number of nitrogens with one attached hydrogen (secondary N) is 1. The first kappa shape index (κ1) is 14.5. The van der Waals surface area contributed by atoms with Gasteiger partial charge >= 0.3 is 0 Å². The molecule has 0 spiro atoms. The molecular weight excluding hydrogens is 426 g/mol. The van der Waals surface area contributed by atoms with Crippen molar-refractivity contribution in [1.82, 2.24) is 5.32 Å². The zero-order valence-electron chi connectivity index (χ0n) is 9.76. The predicted octanol–water partition coefficient (Wildman–Crippen LogP) is 4.51. The molecule has 98 valence electrons. The summed E-state index contributed by atoms with van der Waals surface area (Å²) in [5.74, 6) is 0.565. The molecule has 0 saturated heterocycles. The largest absolute Gasteiger partial charge is 0.349 e. The lowest BCUT2D eigenvalue weighted by Crippen LogP contribution is -2.38. The highest BCUT2D eigenvalue weighted by molar-refractivity contribution is 9.11. The van der Waals surface area contributed by atoms with E-state index >= 15 is 0 Å². The lowest BCUT2D eigenvalue weighted by Gasteiger charge is -2.19. The molecule has 5 heteroatoms. The molecule has 1 aromatic carbocycles. The molecule has 2 atom stereocenters. The average Bonchev–Trinajstić information content (AvgIpc) is 2.76. The molecule has 1 aliphatic carbocycles. The molecule has 1 amide bonds. The topological polar surface area (TPSA) is 29.1 Å². The summed E-state index contributed by atoms with van der Waals surface area (Å²) in [7, 11) is 0. The van der Waals surface area contributed by atoms with E-state index in [0.717, 1.165) is 20.7 Å². The van der Waals surface area contributed by atoms with Crippen LogP contribution in [0.5, 0.6) is 0 Å². The van der Waals surface area contributed by atoms with Crippen LogP contribution in [0.25, 0.3) is 0 Å². The van der Waals surface area contributed by atoms with Gasteiger partial charge in [0, 0.05) is 20.3 Å². The number of carbonyl (C=O) groups excluding carboxylic acids is 1. The van der Waals surface area contributed by atoms with Gasteiger partial charge in [0.15, 0.2) is 0 Å². The van der Waals surface area contributed by atoms with Crippen LogP contribution in [0.15, 0.2) is 27.1 Å². The van der Waals surface area contributed by atoms with Crippen LogP contribution in [0.4, 0.5) is 0 Å². The molecular formula is C13H14Br3NO. The highest BCUT2D eigenvalue weighted by Gasteiger charge is 2.28. The molecule has 2 rings (SSSR count). The second-order valence-electron chi connectivity index (χ2n) is 4.55. The van der Waals surface area contributed by atoms with Crippen LogP contribution < -0.4 is 5.32 Å². The molecule has 1 aromatic rings. The van der Waals surface area contributed by atoms with Crippen molar-refractivity contribution in [1.29, 1.82) is 0 Å². The van der Waals surface area contributed by atoms with E-state index in [1.807, 2.05) is 18.2 Å². The average molecular weight is 440 g/mol. The second kappa shape index (κ2) is 6.53. The number of halogens is 3. The molecule has 0 aliphatic heterocycles. The maximum absolute atomic E-state index is 12.2. The first-order valence-electron chi connectivity index (χ1n) is 5.93. The summed E-state index contributed by atoms with van der Waals surface area (Å²) in [4.78, 5) is 12.2. The predicted molar refractivity (Wildman–Crippen MR) is 84.2 cm³/mol. The molecule has 2 unspecified atom stereocenters. The van der Waals surface area contributed by atoms with E-state index in [1.165, 1.54) is 12.8 Å². The fourth-order valence-corrected chi connectivity index (χ4v) is 4.33. The Hall–Kier alpha value is 0.130. The van der Waals surface area contributed by atoms with Gasteiger partial charge in [0.1, 0.15) is 0 Å². The lowest BCUT2D eigenvalue weighted by molar-refractivity contribution is 0.0929. The van der Waals surface area contributed by atoms with Gasteiger partial charge in [-0.05, 0) is 52.9 Å². The number of carbonyl (C=O) groups is 1. The van der Waals surface area contributed by atoms with E-state index < -0.39 is 0 Å². The van der Waals surface area contributed by atoms with Crippen molar-refractivity contribution >= 4 is 53.7 Å². The highest BCUT2D eigenvalue weighted by Crippen LogP contribution is 2.28. The van der Waals surface area contributed by atoms with Gasteiger partial charge < -0.3 is 5.32 Å². The van der Waals surface area contributed by atoms with E-state index in [4.69, 9.17) is 0 Å². The normalized spacial score (nSPS) is 23.1. The van der Waals surface area contributed by atoms with Gasteiger partial charge in [-0.1, -0.05) is 38.3 Å². The SMILES string of the molecule is O=C(NC1CCCC1CBr)c1ccc(Br)cc1Br. The van der Waals surface area contributed by atoms with E-state index in [1.54, 1.807) is 0 Å². The summed E-state index contributed by atoms with van der Waals surface area (Å²) in [5.41, 5.74) is 0.693. The Morgan fingerprint density at radius 1 is 1.33 bits per heavy atom. The summed E-state index contributed by atoms with van der Waals surface area (Å²) < 4.78 is 1.79. The maximum Gasteiger partial charge on any atom is 0.252 e. The van der Waals surface area contributed by atoms with Gasteiger partial charge in [0.25, 0.3) is 5.91 Å². The zero-order chi connectivity index (χ0) is 13.1. The summed E-state index contributed by atoms with van der Waals surface area (Å²) >= 11 is 10.3. The van der Waals surface area contributed by atoms with Crippen LogP contribution in [-0.2, 0) is 0 Å². The molecule has 0 bridgehead atoms. The van der Waals surface area contributed by atoms with Gasteiger partial charge in [-0.3, -0.25) is 4.79 Å². The van der Waals surface area contributed by atoms with E-state index in [9.17, 15) is 4.79 Å². The first-order valence-corrected chi connectivity index (χ1v) is 8.64. The molecule has 18 heavy (non-hydrogen) atoms. The number of alkyl halides is 1. The molecule has 1 saturated carbocycles. The van der Waals surface area contributed by atoms with E-state index in [2.05, 4.69) is 53.1 Å². The molecule has 0 heterocycles. The third kappa shape index (κ3) is 3.36. The van der Waals surface area contributed by atoms with Crippen molar-refractivity contribution in [2.45, 2.75) is 25.3 Å². The van der Waals surface area contributed by atoms with Gasteiger partial charge in [0.2, 0.25) is 0 Å². The molecule has 1 N–H and O–H groups in total. The summed E-state index contributed by atoms with van der Waals surface area (Å²) in [5, 5.41) is 4.10. The van der Waals surface area contributed by atoms with Crippen LogP contribution in [-0.4, -0.2) is 17.3 Å². The van der Waals surface area contributed by atoms with Crippen LogP contribution in [0, 0.1) is 5.92 Å². The Kier molecular flexibility index (Phi) is 5.27. The minimum absolute atomic E-state index is 0.00669. The van der Waals surface area contributed by atoms with Gasteiger partial charge in [-0.15, -0.1) is 0 Å². The quantitative estimate of drug-likeness (QED) is 0.690. The third-order valence-corrected chi connectivity index (χ3v) is 5.33. The molecule has 0 aromatic heterocycles. The van der Waals surface area contributed by atoms with Crippen molar-refractivity contribution in [3.05, 3.63) is 32.7 Å². The fraction of sp³-hybridized carbons (Fsp3) is 0.462. The van der Waals surface area contributed by atoms with Gasteiger partial charge in [-0.25, -0.2) is 0 Å². The van der Waals surface area contributed by atoms with Crippen LogP contribution in [0.1, 0.15) is 29.6 Å². The highest BCUT2D eigenvalue weighted by atomic mass is 79.9. The smallest absolute Gasteiger partial charge is 0.252 e. The van der Waals surface area contributed by atoms with Crippen LogP contribution in [0.3, 0.4) is 0 Å². The first-order chi connectivity index (χ1) is 8.61. The van der Waals surface area contributed by atoms with Gasteiger partial charge in [0.05, 0.1) is 5.56 Å². The molecule has 0 radical (unpaired) electrons. The van der Waals surface area contributed by atoms with Crippen molar-refractivity contribution in [2.24, 2.45) is 5.92 Å². The number of hydrogen-bond acceptors (Lipinski definition) is 1. The maximum atomic E-state index is 12.2.